The van der Waals surface area contributed by atoms with Crippen LogP contribution in [0.3, 0.4) is 0 Å². The van der Waals surface area contributed by atoms with Crippen LogP contribution in [-0.2, 0) is 0 Å². The Morgan fingerprint density at radius 3 is 0.653 bits per heavy atom. The van der Waals surface area contributed by atoms with Crippen LogP contribution in [0.1, 0.15) is 0 Å². The Hall–Kier alpha value is -20.0. The van der Waals surface area contributed by atoms with Crippen molar-refractivity contribution in [3.8, 4) is 158 Å². The fraction of sp³-hybridized carbons (Fsp3) is 0. The first-order valence-electron chi connectivity index (χ1n) is 49.6. The predicted molar refractivity (Wildman–Crippen MR) is 606 cm³/mol. The molecule has 0 radical (unpaired) electrons. The van der Waals surface area contributed by atoms with Crippen molar-refractivity contribution in [1.29, 1.82) is 0 Å². The van der Waals surface area contributed by atoms with E-state index >= 15 is 0 Å². The van der Waals surface area contributed by atoms with Crippen LogP contribution < -0.4 is 0 Å². The molecule has 0 amide bonds. The smallest absolute Gasteiger partial charge is 0.164 e. The molecular formula is C135H86N12. The Balaban J connectivity index is 0.000000109. The standard InChI is InChI=1S/2C47H30N4.C41H26N4/c1-4-15-31(16-5-1)43-39-24-11-13-26-42(39)51-41-25-12-10-23-38(41)37-28-27-35(30-40(37)44(43)51)34-21-14-22-36(29-34)47-49-45(32-17-6-2-7-18-32)48-46(50-47)33-19-8-3-9-20-33;1-4-14-31(15-5-1)32-24-26-35(27-25-32)46-48-45(34-18-8-3-9-19-34)49-47(50-46)36-28-29-42-40(30-36)43(33-16-6-2-7-17-33)44-39-22-11-10-20-37(39)38-21-12-13-23-41(38)51(42)44;1-4-14-27(15-5-1)37-33-21-11-13-23-36(33)45-35-22-12-10-20-32(35)31-25-24-30(26-34(31)38(37)45)41-43-39(28-16-6-2-7-17-28)42-40(44-41)29-18-8-3-9-19-29/h2*1-30H;1-26H. The molecule has 0 atom stereocenters. The molecule has 29 rings (SSSR count). The fourth-order valence-corrected chi connectivity index (χ4v) is 21.5. The van der Waals surface area contributed by atoms with Crippen molar-refractivity contribution in [1.82, 2.24) is 58.1 Å². The van der Waals surface area contributed by atoms with E-state index in [0.29, 0.717) is 52.4 Å². The average Bonchev–Trinajstić information content (AvgIpc) is 1.56. The molecule has 9 heterocycles. The first-order chi connectivity index (χ1) is 72.9. The fourth-order valence-electron chi connectivity index (χ4n) is 21.5. The summed E-state index contributed by atoms with van der Waals surface area (Å²) in [5.74, 6) is 5.82. The molecule has 0 bridgehead atoms. The van der Waals surface area contributed by atoms with Crippen molar-refractivity contribution in [2.45, 2.75) is 0 Å². The molecule has 686 valence electrons. The summed E-state index contributed by atoms with van der Waals surface area (Å²) in [5, 5.41) is 14.5. The summed E-state index contributed by atoms with van der Waals surface area (Å²) in [6, 6.07) is 183. The highest BCUT2D eigenvalue weighted by atomic mass is 15.1. The van der Waals surface area contributed by atoms with E-state index in [1.165, 1.54) is 137 Å². The number of aromatic nitrogens is 12. The molecule has 9 aromatic heterocycles. The second-order valence-electron chi connectivity index (χ2n) is 36.9. The van der Waals surface area contributed by atoms with Gasteiger partial charge in [-0.1, -0.05) is 455 Å². The Labute approximate surface area is 846 Å². The summed E-state index contributed by atoms with van der Waals surface area (Å²) < 4.78 is 7.31. The second kappa shape index (κ2) is 36.9. The number of fused-ring (bicyclic) bond motifs is 24. The number of hydrogen-bond donors (Lipinski definition) is 0. The van der Waals surface area contributed by atoms with Crippen LogP contribution >= 0.6 is 0 Å². The minimum Gasteiger partial charge on any atom is -0.308 e. The summed E-state index contributed by atoms with van der Waals surface area (Å²) in [6.45, 7) is 0. The zero-order valence-corrected chi connectivity index (χ0v) is 79.5. The second-order valence-corrected chi connectivity index (χ2v) is 36.9. The monoisotopic (exact) mass is 1870 g/mol. The van der Waals surface area contributed by atoms with Crippen LogP contribution in [0.15, 0.2) is 522 Å². The minimum atomic E-state index is 0.636. The topological polar surface area (TPSA) is 129 Å². The molecule has 0 aliphatic heterocycles. The quantitative estimate of drug-likeness (QED) is 0.0977. The maximum absolute atomic E-state index is 5.14. The zero-order valence-electron chi connectivity index (χ0n) is 79.5. The lowest BCUT2D eigenvalue weighted by atomic mass is 9.95. The largest absolute Gasteiger partial charge is 0.308 e. The van der Waals surface area contributed by atoms with Crippen LogP contribution in [-0.4, -0.2) is 58.1 Å². The van der Waals surface area contributed by atoms with Crippen LogP contribution in [0.4, 0.5) is 0 Å². The van der Waals surface area contributed by atoms with Crippen LogP contribution in [0.2, 0.25) is 0 Å². The lowest BCUT2D eigenvalue weighted by Crippen LogP contribution is -2.00. The number of benzene rings is 20. The van der Waals surface area contributed by atoms with Gasteiger partial charge in [0.2, 0.25) is 0 Å². The molecule has 147 heavy (non-hydrogen) atoms. The Kier molecular flexibility index (Phi) is 21.6. The van der Waals surface area contributed by atoms with E-state index < -0.39 is 0 Å². The maximum Gasteiger partial charge on any atom is 0.164 e. The summed E-state index contributed by atoms with van der Waals surface area (Å²) in [7, 11) is 0. The third-order valence-electron chi connectivity index (χ3n) is 28.2. The van der Waals surface area contributed by atoms with E-state index in [2.05, 4.69) is 389 Å². The van der Waals surface area contributed by atoms with Gasteiger partial charge in [-0.15, -0.1) is 0 Å². The van der Waals surface area contributed by atoms with Crippen molar-refractivity contribution in [3.05, 3.63) is 522 Å². The van der Waals surface area contributed by atoms with E-state index in [9.17, 15) is 0 Å². The number of pyridine rings is 3. The summed E-state index contributed by atoms with van der Waals surface area (Å²) >= 11 is 0. The van der Waals surface area contributed by atoms with E-state index in [0.717, 1.165) is 83.1 Å². The van der Waals surface area contributed by atoms with Gasteiger partial charge in [0.15, 0.2) is 52.4 Å². The van der Waals surface area contributed by atoms with Gasteiger partial charge < -0.3 is 13.2 Å². The normalized spacial score (nSPS) is 11.5. The SMILES string of the molecule is c1ccc(-c2ccc(-c3nc(-c4ccccc4)nc(-c4ccc5c(c4)c(-c4ccccc4)c4c6ccccc6c6ccccc6n54)n3)cc2)cc1.c1ccc(-c2nc(-c3ccccc3)nc(-c3ccc4c5ccccc5n5c6ccccc6c(-c6ccccc6)c5c4c3)n2)cc1.c1ccc(-c2nc(-c3ccccc3)nc(-c3cccc(-c4ccc5c6ccccc6n6c7ccccc7c(-c7ccccc7)c6c5c4)c3)n2)cc1. The molecule has 29 aromatic rings. The highest BCUT2D eigenvalue weighted by Gasteiger charge is 2.27. The molecule has 12 nitrogen and oxygen atoms in total. The van der Waals surface area contributed by atoms with Crippen molar-refractivity contribution in [2.24, 2.45) is 0 Å². The van der Waals surface area contributed by atoms with Crippen molar-refractivity contribution in [2.75, 3.05) is 0 Å². The maximum atomic E-state index is 5.14. The van der Waals surface area contributed by atoms with Crippen molar-refractivity contribution < 1.29 is 0 Å². The van der Waals surface area contributed by atoms with Gasteiger partial charge in [0.05, 0.1) is 49.7 Å². The number of rotatable bonds is 14. The first kappa shape index (κ1) is 86.2. The molecule has 0 N–H and O–H groups in total. The molecule has 0 aliphatic rings. The first-order valence-corrected chi connectivity index (χ1v) is 49.6. The summed E-state index contributed by atoms with van der Waals surface area (Å²) in [4.78, 5) is 45.1. The Morgan fingerprint density at radius 2 is 0.293 bits per heavy atom. The van der Waals surface area contributed by atoms with E-state index in [-0.39, 0.29) is 0 Å². The lowest BCUT2D eigenvalue weighted by Gasteiger charge is -2.14. The average molecular weight is 1880 g/mol. The van der Waals surface area contributed by atoms with E-state index in [1.807, 2.05) is 146 Å². The molecule has 0 saturated heterocycles. The number of hydrogen-bond acceptors (Lipinski definition) is 9. The van der Waals surface area contributed by atoms with E-state index in [1.54, 1.807) is 0 Å². The minimum absolute atomic E-state index is 0.636. The van der Waals surface area contributed by atoms with Gasteiger partial charge >= 0.3 is 0 Å². The van der Waals surface area contributed by atoms with Crippen LogP contribution in [0, 0.1) is 0 Å². The van der Waals surface area contributed by atoms with Gasteiger partial charge in [0.25, 0.3) is 0 Å². The van der Waals surface area contributed by atoms with Gasteiger partial charge in [-0.05, 0) is 122 Å². The predicted octanol–water partition coefficient (Wildman–Crippen LogP) is 34.1. The van der Waals surface area contributed by atoms with Gasteiger partial charge in [0.1, 0.15) is 0 Å². The van der Waals surface area contributed by atoms with Gasteiger partial charge in [-0.2, -0.15) is 0 Å². The Morgan fingerprint density at radius 1 is 0.102 bits per heavy atom. The molecular weight excluding hydrogens is 1790 g/mol. The van der Waals surface area contributed by atoms with Crippen molar-refractivity contribution in [3.63, 3.8) is 0 Å². The van der Waals surface area contributed by atoms with Gasteiger partial charge in [0, 0.05) is 115 Å². The third kappa shape index (κ3) is 15.6. The van der Waals surface area contributed by atoms with Gasteiger partial charge in [-0.25, -0.2) is 44.9 Å². The van der Waals surface area contributed by atoms with E-state index in [4.69, 9.17) is 44.9 Å². The molecule has 12 heteroatoms. The highest BCUT2D eigenvalue weighted by Crippen LogP contribution is 2.49. The molecule has 0 spiro atoms. The molecule has 20 aromatic carbocycles. The number of para-hydroxylation sites is 5. The highest BCUT2D eigenvalue weighted by molar-refractivity contribution is 6.26. The molecule has 0 aliphatic carbocycles. The zero-order chi connectivity index (χ0) is 97.2. The molecule has 0 fully saturated rings. The van der Waals surface area contributed by atoms with Gasteiger partial charge in [-0.3, -0.25) is 0 Å². The molecule has 0 unspecified atom stereocenters. The van der Waals surface area contributed by atoms with Crippen LogP contribution in [0.5, 0.6) is 0 Å². The van der Waals surface area contributed by atoms with Crippen molar-refractivity contribution >= 4 is 114 Å². The third-order valence-corrected chi connectivity index (χ3v) is 28.2. The number of nitrogens with zero attached hydrogens (tertiary/aromatic N) is 12. The summed E-state index contributed by atoms with van der Waals surface area (Å²) in [6.07, 6.45) is 0. The Bertz CT molecular complexity index is 10000. The van der Waals surface area contributed by atoms with Crippen LogP contribution in [0.25, 0.3) is 272 Å². The lowest BCUT2D eigenvalue weighted by molar-refractivity contribution is 1.07. The molecule has 0 saturated carbocycles. The summed E-state index contributed by atoms with van der Waals surface area (Å²) in [5.41, 5.74) is 31.0.